The number of anilines is 1. The Bertz CT molecular complexity index is 1260. The lowest BCUT2D eigenvalue weighted by atomic mass is 10.2. The van der Waals surface area contributed by atoms with Crippen molar-refractivity contribution in [1.29, 1.82) is 0 Å². The van der Waals surface area contributed by atoms with Gasteiger partial charge >= 0.3 is 0 Å². The second kappa shape index (κ2) is 9.96. The summed E-state index contributed by atoms with van der Waals surface area (Å²) in [5.74, 6) is 0.551. The highest BCUT2D eigenvalue weighted by Crippen LogP contribution is 2.33. The number of amides is 1. The van der Waals surface area contributed by atoms with Crippen LogP contribution in [0.1, 0.15) is 5.56 Å². The number of nitrogens with zero attached hydrogens (tertiary/aromatic N) is 3. The van der Waals surface area contributed by atoms with Crippen LogP contribution in [0.5, 0.6) is 0 Å². The van der Waals surface area contributed by atoms with Crippen LogP contribution in [0.3, 0.4) is 0 Å². The fraction of sp³-hybridized carbons (Fsp3) is 0.0870. The molecule has 5 nitrogen and oxygen atoms in total. The van der Waals surface area contributed by atoms with Gasteiger partial charge in [0, 0.05) is 11.3 Å². The van der Waals surface area contributed by atoms with Crippen LogP contribution in [0.2, 0.25) is 15.1 Å². The summed E-state index contributed by atoms with van der Waals surface area (Å²) < 4.78 is 1.94. The van der Waals surface area contributed by atoms with Crippen LogP contribution in [0, 0.1) is 6.92 Å². The first kappa shape index (κ1) is 22.7. The molecule has 0 saturated heterocycles. The van der Waals surface area contributed by atoms with Gasteiger partial charge in [0.15, 0.2) is 11.0 Å². The molecular formula is C23H17Cl3N4OS. The SMILES string of the molecule is Cc1ccc(-n2c(SCC(=O)Nc3cc(Cl)c(Cl)cc3Cl)nnc2-c2ccccc2)cc1. The van der Waals surface area contributed by atoms with E-state index < -0.39 is 0 Å². The fourth-order valence-corrected chi connectivity index (χ4v) is 4.34. The number of aromatic nitrogens is 3. The summed E-state index contributed by atoms with van der Waals surface area (Å²) in [6.45, 7) is 2.03. The number of nitrogens with one attached hydrogen (secondary N) is 1. The van der Waals surface area contributed by atoms with Gasteiger partial charge in [-0.15, -0.1) is 10.2 Å². The molecule has 1 aromatic heterocycles. The molecule has 0 aliphatic rings. The number of benzene rings is 3. The summed E-state index contributed by atoms with van der Waals surface area (Å²) in [6.07, 6.45) is 0. The molecule has 162 valence electrons. The first-order valence-corrected chi connectivity index (χ1v) is 11.7. The average Bonchev–Trinajstić information content (AvgIpc) is 3.21. The summed E-state index contributed by atoms with van der Waals surface area (Å²) in [4.78, 5) is 12.6. The van der Waals surface area contributed by atoms with Crippen LogP contribution < -0.4 is 5.32 Å². The molecule has 0 radical (unpaired) electrons. The van der Waals surface area contributed by atoms with Crippen LogP contribution >= 0.6 is 46.6 Å². The van der Waals surface area contributed by atoms with Crippen LogP contribution in [-0.2, 0) is 4.79 Å². The molecule has 0 fully saturated rings. The monoisotopic (exact) mass is 502 g/mol. The first-order chi connectivity index (χ1) is 15.4. The van der Waals surface area contributed by atoms with Gasteiger partial charge in [0.05, 0.1) is 26.5 Å². The minimum absolute atomic E-state index is 0.107. The van der Waals surface area contributed by atoms with Gasteiger partial charge in [-0.25, -0.2) is 0 Å². The standard InChI is InChI=1S/C23H17Cl3N4OS/c1-14-7-9-16(10-8-14)30-22(15-5-3-2-4-6-15)28-29-23(30)32-13-21(31)27-20-12-18(25)17(24)11-19(20)26/h2-12H,13H2,1H3,(H,27,31). The van der Waals surface area contributed by atoms with Gasteiger partial charge in [0.2, 0.25) is 5.91 Å². The molecule has 1 N–H and O–H groups in total. The lowest BCUT2D eigenvalue weighted by molar-refractivity contribution is -0.113. The molecule has 0 atom stereocenters. The third-order valence-corrected chi connectivity index (χ3v) is 6.54. The van der Waals surface area contributed by atoms with E-state index >= 15 is 0 Å². The van der Waals surface area contributed by atoms with E-state index in [4.69, 9.17) is 34.8 Å². The number of hydrogen-bond donors (Lipinski definition) is 1. The number of carbonyl (C=O) groups excluding carboxylic acids is 1. The smallest absolute Gasteiger partial charge is 0.234 e. The zero-order valence-corrected chi connectivity index (χ0v) is 19.9. The van der Waals surface area contributed by atoms with Gasteiger partial charge in [0.1, 0.15) is 0 Å². The quantitative estimate of drug-likeness (QED) is 0.229. The second-order valence-electron chi connectivity index (χ2n) is 6.93. The zero-order chi connectivity index (χ0) is 22.7. The highest BCUT2D eigenvalue weighted by Gasteiger charge is 2.18. The number of hydrogen-bond acceptors (Lipinski definition) is 4. The Morgan fingerprint density at radius 1 is 0.938 bits per heavy atom. The predicted molar refractivity (Wildman–Crippen MR) is 132 cm³/mol. The van der Waals surface area contributed by atoms with E-state index in [1.54, 1.807) is 0 Å². The maximum atomic E-state index is 12.6. The topological polar surface area (TPSA) is 59.8 Å². The van der Waals surface area contributed by atoms with Crippen LogP contribution in [0.25, 0.3) is 17.1 Å². The number of aryl methyl sites for hydroxylation is 1. The van der Waals surface area contributed by atoms with Crippen molar-refractivity contribution in [3.63, 3.8) is 0 Å². The highest BCUT2D eigenvalue weighted by molar-refractivity contribution is 7.99. The van der Waals surface area contributed by atoms with E-state index in [1.165, 1.54) is 23.9 Å². The molecule has 4 rings (SSSR count). The summed E-state index contributed by atoms with van der Waals surface area (Å²) >= 11 is 19.4. The van der Waals surface area contributed by atoms with Crippen molar-refractivity contribution in [1.82, 2.24) is 14.8 Å². The van der Waals surface area contributed by atoms with Gasteiger partial charge in [-0.05, 0) is 31.2 Å². The normalized spacial score (nSPS) is 10.9. The molecule has 0 saturated carbocycles. The summed E-state index contributed by atoms with van der Waals surface area (Å²) in [5, 5.41) is 13.0. The van der Waals surface area contributed by atoms with Gasteiger partial charge in [0.25, 0.3) is 0 Å². The molecule has 0 aliphatic heterocycles. The highest BCUT2D eigenvalue weighted by atomic mass is 35.5. The lowest BCUT2D eigenvalue weighted by Crippen LogP contribution is -2.15. The van der Waals surface area contributed by atoms with Crippen molar-refractivity contribution in [3.8, 4) is 17.1 Å². The van der Waals surface area contributed by atoms with Gasteiger partial charge in [-0.3, -0.25) is 9.36 Å². The molecule has 3 aromatic carbocycles. The fourth-order valence-electron chi connectivity index (χ4n) is 3.00. The molecule has 0 aliphatic carbocycles. The van der Waals surface area contributed by atoms with Crippen molar-refractivity contribution >= 4 is 58.2 Å². The molecule has 0 spiro atoms. The largest absolute Gasteiger partial charge is 0.324 e. The number of halogens is 3. The maximum absolute atomic E-state index is 12.6. The van der Waals surface area contributed by atoms with E-state index in [1.807, 2.05) is 66.1 Å². The molecule has 4 aromatic rings. The second-order valence-corrected chi connectivity index (χ2v) is 9.09. The Kier molecular flexibility index (Phi) is 7.06. The zero-order valence-electron chi connectivity index (χ0n) is 16.8. The Morgan fingerprint density at radius 3 is 2.34 bits per heavy atom. The van der Waals surface area contributed by atoms with Crippen LogP contribution in [-0.4, -0.2) is 26.4 Å². The minimum Gasteiger partial charge on any atom is -0.324 e. The van der Waals surface area contributed by atoms with E-state index in [0.29, 0.717) is 31.7 Å². The average molecular weight is 504 g/mol. The third kappa shape index (κ3) is 5.10. The van der Waals surface area contributed by atoms with Gasteiger partial charge < -0.3 is 5.32 Å². The van der Waals surface area contributed by atoms with Crippen LogP contribution in [0.4, 0.5) is 5.69 Å². The van der Waals surface area contributed by atoms with Crippen molar-refractivity contribution < 1.29 is 4.79 Å². The number of carbonyl (C=O) groups is 1. The Morgan fingerprint density at radius 2 is 1.62 bits per heavy atom. The Hall–Kier alpha value is -2.51. The molecular weight excluding hydrogens is 487 g/mol. The molecule has 1 amide bonds. The third-order valence-electron chi connectivity index (χ3n) is 4.57. The van der Waals surface area contributed by atoms with Crippen molar-refractivity contribution in [2.24, 2.45) is 0 Å². The summed E-state index contributed by atoms with van der Waals surface area (Å²) in [5.41, 5.74) is 3.39. The molecule has 0 unspecified atom stereocenters. The van der Waals surface area contributed by atoms with Gasteiger partial charge in [-0.1, -0.05) is 94.6 Å². The Balaban J connectivity index is 1.58. The van der Waals surface area contributed by atoms with E-state index in [-0.39, 0.29) is 11.7 Å². The maximum Gasteiger partial charge on any atom is 0.234 e. The number of rotatable bonds is 6. The predicted octanol–water partition coefficient (Wildman–Crippen LogP) is 6.93. The van der Waals surface area contributed by atoms with Gasteiger partial charge in [-0.2, -0.15) is 0 Å². The molecule has 0 bridgehead atoms. The molecule has 9 heteroatoms. The number of thioether (sulfide) groups is 1. The molecule has 1 heterocycles. The van der Waals surface area contributed by atoms with Crippen molar-refractivity contribution in [2.75, 3.05) is 11.1 Å². The minimum atomic E-state index is -0.255. The molecule has 32 heavy (non-hydrogen) atoms. The van der Waals surface area contributed by atoms with Crippen LogP contribution in [0.15, 0.2) is 71.9 Å². The van der Waals surface area contributed by atoms with Crippen molar-refractivity contribution in [3.05, 3.63) is 87.4 Å². The van der Waals surface area contributed by atoms with E-state index in [9.17, 15) is 4.79 Å². The lowest BCUT2D eigenvalue weighted by Gasteiger charge is -2.11. The van der Waals surface area contributed by atoms with Crippen molar-refractivity contribution in [2.45, 2.75) is 12.1 Å². The summed E-state index contributed by atoms with van der Waals surface area (Å²) in [6, 6.07) is 20.9. The van der Waals surface area contributed by atoms with E-state index in [2.05, 4.69) is 15.5 Å². The van der Waals surface area contributed by atoms with E-state index in [0.717, 1.165) is 16.8 Å². The summed E-state index contributed by atoms with van der Waals surface area (Å²) in [7, 11) is 0. The Labute approximate surface area is 204 Å². The first-order valence-electron chi connectivity index (χ1n) is 9.57.